The van der Waals surface area contributed by atoms with Crippen LogP contribution in [0.25, 0.3) is 0 Å². The van der Waals surface area contributed by atoms with Gasteiger partial charge >= 0.3 is 6.03 Å². The summed E-state index contributed by atoms with van der Waals surface area (Å²) in [7, 11) is 0. The van der Waals surface area contributed by atoms with Crippen molar-refractivity contribution < 1.29 is 14.3 Å². The molecule has 0 aliphatic carbocycles. The first kappa shape index (κ1) is 16.9. The maximum absolute atomic E-state index is 11.6. The van der Waals surface area contributed by atoms with E-state index in [1.807, 2.05) is 20.8 Å². The molecule has 0 heterocycles. The zero-order chi connectivity index (χ0) is 14.2. The van der Waals surface area contributed by atoms with Crippen LogP contribution in [0.4, 0.5) is 4.79 Å². The highest BCUT2D eigenvalue weighted by molar-refractivity contribution is 5.96. The van der Waals surface area contributed by atoms with Crippen LogP contribution in [0.3, 0.4) is 0 Å². The number of hydrogen-bond donors (Lipinski definition) is 3. The van der Waals surface area contributed by atoms with E-state index in [0.29, 0.717) is 19.7 Å². The smallest absolute Gasteiger partial charge is 0.321 e. The van der Waals surface area contributed by atoms with Crippen LogP contribution < -0.4 is 16.0 Å². The van der Waals surface area contributed by atoms with Crippen LogP contribution in [0.5, 0.6) is 0 Å². The highest BCUT2D eigenvalue weighted by Crippen LogP contribution is 2.07. The number of carbonyl (C=O) groups is 2. The predicted molar refractivity (Wildman–Crippen MR) is 70.4 cm³/mol. The molecule has 0 aromatic rings. The van der Waals surface area contributed by atoms with Gasteiger partial charge in [-0.3, -0.25) is 10.1 Å². The summed E-state index contributed by atoms with van der Waals surface area (Å²) in [6, 6.07) is -0.924. The average molecular weight is 259 g/mol. The Kier molecular flexibility index (Phi) is 7.54. The van der Waals surface area contributed by atoms with Crippen molar-refractivity contribution >= 4 is 11.9 Å². The second-order valence-corrected chi connectivity index (χ2v) is 4.64. The van der Waals surface area contributed by atoms with Gasteiger partial charge in [-0.1, -0.05) is 0 Å². The van der Waals surface area contributed by atoms with Crippen molar-refractivity contribution in [1.29, 1.82) is 0 Å². The molecule has 18 heavy (non-hydrogen) atoms. The molecule has 0 bridgehead atoms. The van der Waals surface area contributed by atoms with Crippen molar-refractivity contribution in [2.75, 3.05) is 19.7 Å². The van der Waals surface area contributed by atoms with Crippen molar-refractivity contribution in [3.63, 3.8) is 0 Å². The van der Waals surface area contributed by atoms with Crippen molar-refractivity contribution in [3.05, 3.63) is 0 Å². The third kappa shape index (κ3) is 7.24. The summed E-state index contributed by atoms with van der Waals surface area (Å²) in [5.41, 5.74) is -0.338. The van der Waals surface area contributed by atoms with Crippen molar-refractivity contribution in [3.8, 4) is 0 Å². The molecular weight excluding hydrogens is 234 g/mol. The van der Waals surface area contributed by atoms with Gasteiger partial charge in [0.25, 0.3) is 0 Å². The summed E-state index contributed by atoms with van der Waals surface area (Å²) < 4.78 is 5.51. The van der Waals surface area contributed by atoms with Gasteiger partial charge in [-0.2, -0.15) is 0 Å². The summed E-state index contributed by atoms with van der Waals surface area (Å²) in [6.45, 7) is 10.9. The number of amides is 3. The normalized spacial score (nSPS) is 12.9. The highest BCUT2D eigenvalue weighted by atomic mass is 16.5. The monoisotopic (exact) mass is 259 g/mol. The summed E-state index contributed by atoms with van der Waals surface area (Å²) in [4.78, 5) is 22.8. The Morgan fingerprint density at radius 3 is 2.39 bits per heavy atom. The Labute approximate surface area is 109 Å². The van der Waals surface area contributed by atoms with Gasteiger partial charge in [-0.15, -0.1) is 0 Å². The minimum absolute atomic E-state index is 0.338. The lowest BCUT2D eigenvalue weighted by atomic mass is 10.1. The van der Waals surface area contributed by atoms with E-state index < -0.39 is 12.1 Å². The molecule has 1 unspecified atom stereocenters. The molecule has 0 saturated carbocycles. The quantitative estimate of drug-likeness (QED) is 0.626. The molecule has 0 aromatic heterocycles. The molecule has 0 spiro atoms. The molecular formula is C12H25N3O3. The molecule has 3 amide bonds. The Morgan fingerprint density at radius 1 is 1.28 bits per heavy atom. The Balaban J connectivity index is 4.05. The molecule has 0 saturated heterocycles. The molecule has 0 radical (unpaired) electrons. The molecule has 3 N–H and O–H groups in total. The fraction of sp³-hybridized carbons (Fsp3) is 0.833. The van der Waals surface area contributed by atoms with Crippen LogP contribution >= 0.6 is 0 Å². The number of ether oxygens (including phenoxy) is 1. The van der Waals surface area contributed by atoms with Gasteiger partial charge < -0.3 is 15.4 Å². The number of imide groups is 1. The third-order valence-corrected chi connectivity index (χ3v) is 2.34. The van der Waals surface area contributed by atoms with Crippen LogP contribution in [0, 0.1) is 0 Å². The first-order chi connectivity index (χ1) is 8.32. The van der Waals surface area contributed by atoms with Crippen LogP contribution in [0.2, 0.25) is 0 Å². The highest BCUT2D eigenvalue weighted by Gasteiger charge is 2.21. The standard InChI is InChI=1S/C12H25N3O3/c1-6-13-11(17)15-10(16)9(3)14-8-12(4,5)18-7-2/h9,14H,6-8H2,1-5H3,(H2,13,15,16,17). The topological polar surface area (TPSA) is 79.5 Å². The number of urea groups is 1. The van der Waals surface area contributed by atoms with Gasteiger partial charge in [0.05, 0.1) is 11.6 Å². The zero-order valence-electron chi connectivity index (χ0n) is 11.9. The SMILES string of the molecule is CCNC(=O)NC(=O)C(C)NCC(C)(C)OCC. The van der Waals surface area contributed by atoms with Crippen molar-refractivity contribution in [1.82, 2.24) is 16.0 Å². The van der Waals surface area contributed by atoms with Crippen molar-refractivity contribution in [2.45, 2.75) is 46.3 Å². The number of hydrogen-bond acceptors (Lipinski definition) is 4. The summed E-state index contributed by atoms with van der Waals surface area (Å²) in [6.07, 6.45) is 0. The molecule has 0 fully saturated rings. The van der Waals surface area contributed by atoms with Crippen LogP contribution in [0.1, 0.15) is 34.6 Å². The van der Waals surface area contributed by atoms with E-state index >= 15 is 0 Å². The van der Waals surface area contributed by atoms with Gasteiger partial charge in [-0.05, 0) is 34.6 Å². The maximum atomic E-state index is 11.6. The van der Waals surface area contributed by atoms with E-state index in [0.717, 1.165) is 0 Å². The second kappa shape index (κ2) is 8.05. The Hall–Kier alpha value is -1.14. The van der Waals surface area contributed by atoms with Crippen LogP contribution in [0.15, 0.2) is 0 Å². The number of nitrogens with one attached hydrogen (secondary N) is 3. The van der Waals surface area contributed by atoms with E-state index in [2.05, 4.69) is 16.0 Å². The molecule has 0 aliphatic rings. The average Bonchev–Trinajstić information content (AvgIpc) is 2.26. The zero-order valence-corrected chi connectivity index (χ0v) is 11.9. The molecule has 6 heteroatoms. The predicted octanol–water partition coefficient (Wildman–Crippen LogP) is 0.625. The molecule has 0 aromatic carbocycles. The lowest BCUT2D eigenvalue weighted by Gasteiger charge is -2.26. The molecule has 0 rings (SSSR count). The molecule has 1 atom stereocenters. The maximum Gasteiger partial charge on any atom is 0.321 e. The summed E-state index contributed by atoms with van der Waals surface area (Å²) in [5.74, 6) is -0.353. The number of rotatable bonds is 7. The van der Waals surface area contributed by atoms with E-state index in [-0.39, 0.29) is 11.5 Å². The number of carbonyl (C=O) groups excluding carboxylic acids is 2. The summed E-state index contributed by atoms with van der Waals surface area (Å²) in [5, 5.41) is 7.80. The third-order valence-electron chi connectivity index (χ3n) is 2.34. The molecule has 0 aliphatic heterocycles. The van der Waals surface area contributed by atoms with Gasteiger partial charge in [-0.25, -0.2) is 4.79 Å². The van der Waals surface area contributed by atoms with Gasteiger partial charge in [0.1, 0.15) is 0 Å². The lowest BCUT2D eigenvalue weighted by molar-refractivity contribution is -0.122. The lowest BCUT2D eigenvalue weighted by Crippen LogP contribution is -2.51. The Morgan fingerprint density at radius 2 is 1.89 bits per heavy atom. The minimum Gasteiger partial charge on any atom is -0.375 e. The molecule has 6 nitrogen and oxygen atoms in total. The first-order valence-corrected chi connectivity index (χ1v) is 6.28. The fourth-order valence-corrected chi connectivity index (χ4v) is 1.36. The fourth-order valence-electron chi connectivity index (χ4n) is 1.36. The van der Waals surface area contributed by atoms with E-state index in [9.17, 15) is 9.59 Å². The van der Waals surface area contributed by atoms with Crippen molar-refractivity contribution in [2.24, 2.45) is 0 Å². The second-order valence-electron chi connectivity index (χ2n) is 4.64. The van der Waals surface area contributed by atoms with Gasteiger partial charge in [0.2, 0.25) is 5.91 Å². The Bertz CT molecular complexity index is 280. The van der Waals surface area contributed by atoms with E-state index in [1.54, 1.807) is 13.8 Å². The molecule has 106 valence electrons. The van der Waals surface area contributed by atoms with Gasteiger partial charge in [0, 0.05) is 19.7 Å². The van der Waals surface area contributed by atoms with E-state index in [4.69, 9.17) is 4.74 Å². The van der Waals surface area contributed by atoms with Gasteiger partial charge in [0.15, 0.2) is 0 Å². The van der Waals surface area contributed by atoms with Crippen LogP contribution in [-0.2, 0) is 9.53 Å². The van der Waals surface area contributed by atoms with Crippen LogP contribution in [-0.4, -0.2) is 43.3 Å². The summed E-state index contributed by atoms with van der Waals surface area (Å²) >= 11 is 0. The first-order valence-electron chi connectivity index (χ1n) is 6.28. The van der Waals surface area contributed by atoms with E-state index in [1.165, 1.54) is 0 Å². The minimum atomic E-state index is -0.472. The largest absolute Gasteiger partial charge is 0.375 e.